The second-order valence-corrected chi connectivity index (χ2v) is 10.6. The van der Waals surface area contributed by atoms with E-state index >= 15 is 0 Å². The Labute approximate surface area is 220 Å². The Bertz CT molecular complexity index is 1460. The fourth-order valence-electron chi connectivity index (χ4n) is 4.17. The molecule has 0 radical (unpaired) electrons. The maximum atomic E-state index is 14.3. The summed E-state index contributed by atoms with van der Waals surface area (Å²) in [6.45, 7) is 6.72. The van der Waals surface area contributed by atoms with Gasteiger partial charge in [-0.25, -0.2) is 14.2 Å². The van der Waals surface area contributed by atoms with Crippen LogP contribution in [0.4, 0.5) is 9.18 Å². The molecule has 37 heavy (non-hydrogen) atoms. The molecular weight excluding hydrogens is 549 g/mol. The van der Waals surface area contributed by atoms with Gasteiger partial charge in [-0.1, -0.05) is 0 Å². The number of aromatic nitrogens is 2. The third-order valence-corrected chi connectivity index (χ3v) is 6.62. The van der Waals surface area contributed by atoms with Gasteiger partial charge < -0.3 is 24.5 Å². The molecule has 1 aromatic carbocycles. The highest BCUT2D eigenvalue weighted by Crippen LogP contribution is 2.30. The van der Waals surface area contributed by atoms with Gasteiger partial charge >= 0.3 is 12.1 Å². The lowest BCUT2D eigenvalue weighted by Crippen LogP contribution is -2.32. The molecule has 0 saturated carbocycles. The number of nitrogens with zero attached hydrogens (tertiary/aromatic N) is 2. The molecule has 196 valence electrons. The van der Waals surface area contributed by atoms with Gasteiger partial charge in [-0.3, -0.25) is 9.59 Å². The average Bonchev–Trinajstić information content (AvgIpc) is 2.93. The molecule has 0 spiro atoms. The minimum atomic E-state index is -1.13. The first-order valence-electron chi connectivity index (χ1n) is 11.6. The highest BCUT2D eigenvalue weighted by molar-refractivity contribution is 9.10. The maximum absolute atomic E-state index is 14.3. The van der Waals surface area contributed by atoms with Crippen LogP contribution in [0.15, 0.2) is 33.8 Å². The molecule has 0 saturated heterocycles. The fourth-order valence-corrected chi connectivity index (χ4v) is 4.73. The number of fused-ring (bicyclic) bond motifs is 2. The lowest BCUT2D eigenvalue weighted by Gasteiger charge is -2.21. The lowest BCUT2D eigenvalue weighted by atomic mass is 10.0. The summed E-state index contributed by atoms with van der Waals surface area (Å²) in [6.07, 6.45) is -0.464. The van der Waals surface area contributed by atoms with Crippen LogP contribution in [0.25, 0.3) is 10.9 Å². The van der Waals surface area contributed by atoms with Crippen molar-refractivity contribution in [2.45, 2.75) is 65.5 Å². The highest BCUT2D eigenvalue weighted by atomic mass is 79.9. The minimum absolute atomic E-state index is 0.0307. The van der Waals surface area contributed by atoms with E-state index in [1.54, 1.807) is 39.8 Å². The number of esters is 1. The molecule has 0 aliphatic carbocycles. The van der Waals surface area contributed by atoms with E-state index in [9.17, 15) is 23.9 Å². The monoisotopic (exact) mass is 575 g/mol. The SMILES string of the molecule is Cc1cc2c(CNC(=O)OC(C)(C)C)c(Cn3ccc4c(c3=O)COC(=O)CC4O)c(Br)nc2cc1F. The summed E-state index contributed by atoms with van der Waals surface area (Å²) in [5.41, 5.74) is 1.40. The van der Waals surface area contributed by atoms with Gasteiger partial charge in [-0.15, -0.1) is 0 Å². The normalized spacial score (nSPS) is 15.6. The number of alkyl carbamates (subject to hydrolysis) is 1. The summed E-state index contributed by atoms with van der Waals surface area (Å²) in [6, 6.07) is 4.56. The zero-order chi connectivity index (χ0) is 27.1. The van der Waals surface area contributed by atoms with Crippen LogP contribution in [-0.2, 0) is 34.0 Å². The van der Waals surface area contributed by atoms with Gasteiger partial charge in [0, 0.05) is 29.8 Å². The number of carbonyl (C=O) groups excluding carboxylic acids is 2. The topological polar surface area (TPSA) is 120 Å². The van der Waals surface area contributed by atoms with Crippen LogP contribution in [0.5, 0.6) is 0 Å². The molecule has 3 heterocycles. The first-order valence-corrected chi connectivity index (χ1v) is 12.4. The number of hydrogen-bond donors (Lipinski definition) is 2. The zero-order valence-electron chi connectivity index (χ0n) is 20.9. The number of benzene rings is 1. The van der Waals surface area contributed by atoms with Crippen molar-refractivity contribution in [1.82, 2.24) is 14.9 Å². The van der Waals surface area contributed by atoms with Crippen molar-refractivity contribution >= 4 is 38.9 Å². The number of aliphatic hydroxyl groups is 1. The third kappa shape index (κ3) is 5.83. The van der Waals surface area contributed by atoms with Crippen molar-refractivity contribution in [3.8, 4) is 0 Å². The number of nitrogens with one attached hydrogen (secondary N) is 1. The van der Waals surface area contributed by atoms with Crippen LogP contribution in [0.1, 0.15) is 61.1 Å². The smallest absolute Gasteiger partial charge is 0.407 e. The van der Waals surface area contributed by atoms with E-state index in [-0.39, 0.29) is 31.7 Å². The largest absolute Gasteiger partial charge is 0.460 e. The molecule has 4 rings (SSSR count). The summed E-state index contributed by atoms with van der Waals surface area (Å²) >= 11 is 3.45. The Morgan fingerprint density at radius 2 is 2.05 bits per heavy atom. The molecule has 0 bridgehead atoms. The molecule has 11 heteroatoms. The van der Waals surface area contributed by atoms with Gasteiger partial charge in [-0.05, 0) is 72.4 Å². The number of hydrogen-bond acceptors (Lipinski definition) is 7. The first kappa shape index (κ1) is 26.7. The van der Waals surface area contributed by atoms with Crippen LogP contribution >= 0.6 is 15.9 Å². The highest BCUT2D eigenvalue weighted by Gasteiger charge is 2.26. The Morgan fingerprint density at radius 3 is 2.76 bits per heavy atom. The predicted molar refractivity (Wildman–Crippen MR) is 136 cm³/mol. The van der Waals surface area contributed by atoms with Crippen molar-refractivity contribution in [2.75, 3.05) is 0 Å². The Kier molecular flexibility index (Phi) is 7.38. The van der Waals surface area contributed by atoms with Crippen molar-refractivity contribution in [3.05, 3.63) is 73.0 Å². The quantitative estimate of drug-likeness (QED) is 0.354. The molecule has 1 atom stereocenters. The molecule has 3 aromatic rings. The summed E-state index contributed by atoms with van der Waals surface area (Å²) in [5.74, 6) is -1.00. The number of rotatable bonds is 4. The third-order valence-electron chi connectivity index (χ3n) is 5.97. The summed E-state index contributed by atoms with van der Waals surface area (Å²) < 4.78 is 26.5. The maximum Gasteiger partial charge on any atom is 0.407 e. The van der Waals surface area contributed by atoms with E-state index in [2.05, 4.69) is 26.2 Å². The average molecular weight is 576 g/mol. The second-order valence-electron chi connectivity index (χ2n) is 9.90. The van der Waals surface area contributed by atoms with Crippen LogP contribution < -0.4 is 10.9 Å². The predicted octanol–water partition coefficient (Wildman–Crippen LogP) is 4.16. The summed E-state index contributed by atoms with van der Waals surface area (Å²) in [7, 11) is 0. The first-order chi connectivity index (χ1) is 17.3. The van der Waals surface area contributed by atoms with Crippen molar-refractivity contribution in [1.29, 1.82) is 0 Å². The second kappa shape index (κ2) is 10.2. The molecule has 9 nitrogen and oxygen atoms in total. The number of aryl methyl sites for hydroxylation is 1. The number of ether oxygens (including phenoxy) is 2. The number of carbonyl (C=O) groups is 2. The lowest BCUT2D eigenvalue weighted by molar-refractivity contribution is -0.146. The molecule has 0 fully saturated rings. The zero-order valence-corrected chi connectivity index (χ0v) is 22.4. The van der Waals surface area contributed by atoms with E-state index in [0.29, 0.717) is 37.8 Å². The fraction of sp³-hybridized carbons (Fsp3) is 0.385. The van der Waals surface area contributed by atoms with Gasteiger partial charge in [0.05, 0.1) is 30.1 Å². The number of amides is 1. The number of pyridine rings is 2. The van der Waals surface area contributed by atoms with E-state index in [4.69, 9.17) is 9.47 Å². The molecular formula is C26H27BrFN3O6. The molecule has 1 aliphatic rings. The number of aliphatic hydroxyl groups excluding tert-OH is 1. The van der Waals surface area contributed by atoms with Crippen LogP contribution in [0.2, 0.25) is 0 Å². The molecule has 2 aromatic heterocycles. The van der Waals surface area contributed by atoms with E-state index < -0.39 is 35.1 Å². The molecule has 2 N–H and O–H groups in total. The Hall–Kier alpha value is -3.31. The molecule has 1 aliphatic heterocycles. The van der Waals surface area contributed by atoms with Crippen LogP contribution in [0, 0.1) is 12.7 Å². The van der Waals surface area contributed by atoms with Gasteiger partial charge in [0.15, 0.2) is 0 Å². The van der Waals surface area contributed by atoms with Gasteiger partial charge in [0.25, 0.3) is 5.56 Å². The van der Waals surface area contributed by atoms with E-state index in [1.807, 2.05) is 0 Å². The van der Waals surface area contributed by atoms with Crippen molar-refractivity contribution < 1.29 is 28.6 Å². The Balaban J connectivity index is 1.79. The van der Waals surface area contributed by atoms with Crippen molar-refractivity contribution in [2.24, 2.45) is 0 Å². The molecule has 1 amide bonds. The van der Waals surface area contributed by atoms with Crippen LogP contribution in [-0.4, -0.2) is 32.3 Å². The van der Waals surface area contributed by atoms with Gasteiger partial charge in [0.2, 0.25) is 0 Å². The van der Waals surface area contributed by atoms with Crippen LogP contribution in [0.3, 0.4) is 0 Å². The van der Waals surface area contributed by atoms with Gasteiger partial charge in [0.1, 0.15) is 22.6 Å². The molecule has 1 unspecified atom stereocenters. The number of halogens is 2. The van der Waals surface area contributed by atoms with E-state index in [1.165, 1.54) is 16.8 Å². The summed E-state index contributed by atoms with van der Waals surface area (Å²) in [5, 5.41) is 13.7. The Morgan fingerprint density at radius 1 is 1.32 bits per heavy atom. The minimum Gasteiger partial charge on any atom is -0.460 e. The number of cyclic esters (lactones) is 1. The summed E-state index contributed by atoms with van der Waals surface area (Å²) in [4.78, 5) is 42.0. The van der Waals surface area contributed by atoms with Gasteiger partial charge in [-0.2, -0.15) is 0 Å². The standard InChI is InChI=1S/C26H27BrFN3O6/c1-13-7-15-16(10-29-25(35)37-26(2,3)4)17(23(27)30-20(15)8-19(13)28)11-31-6-5-14-18(24(31)34)12-36-22(33)9-21(14)32/h5-8,21,32H,9-12H2,1-4H3,(H,29,35). The van der Waals surface area contributed by atoms with E-state index in [0.717, 1.165) is 0 Å². The van der Waals surface area contributed by atoms with Crippen molar-refractivity contribution in [3.63, 3.8) is 0 Å².